The van der Waals surface area contributed by atoms with E-state index in [1.54, 1.807) is 18.5 Å². The van der Waals surface area contributed by atoms with Gasteiger partial charge in [0.2, 0.25) is 0 Å². The lowest BCUT2D eigenvalue weighted by Crippen LogP contribution is -2.40. The normalized spacial score (nSPS) is 21.0. The van der Waals surface area contributed by atoms with Crippen LogP contribution in [0.25, 0.3) is 0 Å². The molecule has 0 aromatic carbocycles. The summed E-state index contributed by atoms with van der Waals surface area (Å²) in [4.78, 5) is 18.8. The first kappa shape index (κ1) is 18.9. The molecule has 4 rings (SSSR count). The number of likely N-dealkylation sites (tertiary alicyclic amines) is 1. The Morgan fingerprint density at radius 2 is 1.96 bits per heavy atom. The minimum Gasteiger partial charge on any atom is -0.465 e. The Morgan fingerprint density at radius 3 is 2.71 bits per heavy atom. The van der Waals surface area contributed by atoms with E-state index >= 15 is 0 Å². The molecule has 1 saturated heterocycles. The van der Waals surface area contributed by atoms with Gasteiger partial charge in [0.25, 0.3) is 0 Å². The molecule has 0 amide bonds. The zero-order chi connectivity index (χ0) is 19.5. The van der Waals surface area contributed by atoms with Gasteiger partial charge < -0.3 is 15.0 Å². The van der Waals surface area contributed by atoms with Crippen LogP contribution >= 0.6 is 0 Å². The SMILES string of the molecule is COC(=O)c1ccncc1Nc1cn([C@H]2CCCN(C3CCC3)CC2)nc1C. The summed E-state index contributed by atoms with van der Waals surface area (Å²) in [5, 5.41) is 8.09. The van der Waals surface area contributed by atoms with Gasteiger partial charge in [-0.15, -0.1) is 0 Å². The molecule has 1 saturated carbocycles. The molecule has 0 radical (unpaired) electrons. The third kappa shape index (κ3) is 3.90. The van der Waals surface area contributed by atoms with Crippen molar-refractivity contribution in [1.29, 1.82) is 0 Å². The summed E-state index contributed by atoms with van der Waals surface area (Å²) in [7, 11) is 1.38. The summed E-state index contributed by atoms with van der Waals surface area (Å²) in [6.07, 6.45) is 12.9. The molecule has 1 aliphatic carbocycles. The fourth-order valence-electron chi connectivity index (χ4n) is 4.20. The predicted molar refractivity (Wildman–Crippen MR) is 108 cm³/mol. The van der Waals surface area contributed by atoms with Gasteiger partial charge in [0.05, 0.1) is 42.0 Å². The molecule has 3 heterocycles. The molecule has 2 aromatic rings. The van der Waals surface area contributed by atoms with Gasteiger partial charge in [-0.1, -0.05) is 6.42 Å². The second-order valence-corrected chi connectivity index (χ2v) is 7.85. The molecule has 2 aliphatic rings. The van der Waals surface area contributed by atoms with Crippen LogP contribution in [0.15, 0.2) is 24.7 Å². The summed E-state index contributed by atoms with van der Waals surface area (Å²) in [5.74, 6) is -0.380. The lowest BCUT2D eigenvalue weighted by molar-refractivity contribution is 0.0602. The van der Waals surface area contributed by atoms with Crippen LogP contribution in [0.1, 0.15) is 60.6 Å². The average molecular weight is 383 g/mol. The molecule has 2 fully saturated rings. The number of pyridine rings is 1. The summed E-state index contributed by atoms with van der Waals surface area (Å²) in [5.41, 5.74) is 2.92. The van der Waals surface area contributed by atoms with Crippen molar-refractivity contribution in [2.24, 2.45) is 0 Å². The number of esters is 1. The van der Waals surface area contributed by atoms with Crippen LogP contribution in [0, 0.1) is 6.92 Å². The number of carbonyl (C=O) groups excluding carboxylic acids is 1. The predicted octanol–water partition coefficient (Wildman–Crippen LogP) is 3.70. The van der Waals surface area contributed by atoms with E-state index < -0.39 is 0 Å². The van der Waals surface area contributed by atoms with Gasteiger partial charge in [-0.25, -0.2) is 4.79 Å². The van der Waals surface area contributed by atoms with Gasteiger partial charge in [0.15, 0.2) is 0 Å². The topological polar surface area (TPSA) is 72.3 Å². The number of nitrogens with zero attached hydrogens (tertiary/aromatic N) is 4. The molecular formula is C21H29N5O2. The van der Waals surface area contributed by atoms with Crippen LogP contribution in [0.2, 0.25) is 0 Å². The van der Waals surface area contributed by atoms with Gasteiger partial charge in [0, 0.05) is 25.0 Å². The number of hydrogen-bond donors (Lipinski definition) is 1. The molecule has 7 nitrogen and oxygen atoms in total. The summed E-state index contributed by atoms with van der Waals surface area (Å²) in [6, 6.07) is 2.90. The molecule has 28 heavy (non-hydrogen) atoms. The monoisotopic (exact) mass is 383 g/mol. The van der Waals surface area contributed by atoms with Crippen molar-refractivity contribution in [3.05, 3.63) is 35.9 Å². The van der Waals surface area contributed by atoms with Crippen molar-refractivity contribution in [3.8, 4) is 0 Å². The number of rotatable bonds is 5. The molecule has 1 atom stereocenters. The largest absolute Gasteiger partial charge is 0.465 e. The van der Waals surface area contributed by atoms with Gasteiger partial charge in [0.1, 0.15) is 0 Å². The summed E-state index contributed by atoms with van der Waals surface area (Å²) >= 11 is 0. The number of carbonyl (C=O) groups is 1. The maximum absolute atomic E-state index is 12.0. The first-order valence-corrected chi connectivity index (χ1v) is 10.2. The Kier molecular flexibility index (Phi) is 5.62. The zero-order valence-electron chi connectivity index (χ0n) is 16.7. The van der Waals surface area contributed by atoms with E-state index in [9.17, 15) is 4.79 Å². The van der Waals surface area contributed by atoms with Crippen LogP contribution in [0.4, 0.5) is 11.4 Å². The Bertz CT molecular complexity index is 830. The van der Waals surface area contributed by atoms with Crippen molar-refractivity contribution in [2.45, 2.75) is 57.5 Å². The third-order valence-corrected chi connectivity index (χ3v) is 6.11. The van der Waals surface area contributed by atoms with Crippen LogP contribution in [0.3, 0.4) is 0 Å². The smallest absolute Gasteiger partial charge is 0.340 e. The molecule has 150 valence electrons. The minimum atomic E-state index is -0.380. The molecule has 2 aromatic heterocycles. The van der Waals surface area contributed by atoms with Gasteiger partial charge in [-0.2, -0.15) is 5.10 Å². The zero-order valence-corrected chi connectivity index (χ0v) is 16.7. The lowest BCUT2D eigenvalue weighted by atomic mass is 9.91. The highest BCUT2D eigenvalue weighted by Crippen LogP contribution is 2.31. The van der Waals surface area contributed by atoms with E-state index in [0.717, 1.165) is 36.8 Å². The second kappa shape index (κ2) is 8.31. The Labute approximate surface area is 166 Å². The molecule has 0 spiro atoms. The molecule has 7 heteroatoms. The lowest BCUT2D eigenvalue weighted by Gasteiger charge is -2.36. The third-order valence-electron chi connectivity index (χ3n) is 6.11. The molecule has 0 bridgehead atoms. The molecule has 1 aliphatic heterocycles. The van der Waals surface area contributed by atoms with Gasteiger partial charge >= 0.3 is 5.97 Å². The van der Waals surface area contributed by atoms with Gasteiger partial charge in [-0.3, -0.25) is 9.67 Å². The Hall–Kier alpha value is -2.41. The van der Waals surface area contributed by atoms with Crippen molar-refractivity contribution in [2.75, 3.05) is 25.5 Å². The van der Waals surface area contributed by atoms with Gasteiger partial charge in [-0.05, 0) is 51.6 Å². The van der Waals surface area contributed by atoms with Crippen LogP contribution in [-0.4, -0.2) is 51.9 Å². The maximum Gasteiger partial charge on any atom is 0.340 e. The Balaban J connectivity index is 1.47. The van der Waals surface area contributed by atoms with Crippen LogP contribution in [0.5, 0.6) is 0 Å². The highest BCUT2D eigenvalue weighted by molar-refractivity contribution is 5.96. The first-order valence-electron chi connectivity index (χ1n) is 10.2. The van der Waals surface area contributed by atoms with E-state index in [4.69, 9.17) is 9.84 Å². The van der Waals surface area contributed by atoms with Crippen LogP contribution in [-0.2, 0) is 4.74 Å². The fraction of sp³-hybridized carbons (Fsp3) is 0.571. The quantitative estimate of drug-likeness (QED) is 0.794. The number of aryl methyl sites for hydroxylation is 1. The van der Waals surface area contributed by atoms with Crippen molar-refractivity contribution in [1.82, 2.24) is 19.7 Å². The molecule has 1 N–H and O–H groups in total. The number of hydrogen-bond acceptors (Lipinski definition) is 6. The standard InChI is InChI=1S/C21H29N5O2/c1-15-20(23-19-13-22-10-8-18(19)21(27)28-2)14-26(24-15)17-7-4-11-25(12-9-17)16-5-3-6-16/h8,10,13-14,16-17,23H,3-7,9,11-12H2,1-2H3/t17-/m0/s1. The number of ether oxygens (including phenoxy) is 1. The van der Waals surface area contributed by atoms with E-state index in [1.165, 1.54) is 39.3 Å². The fourth-order valence-corrected chi connectivity index (χ4v) is 4.20. The minimum absolute atomic E-state index is 0.380. The summed E-state index contributed by atoms with van der Waals surface area (Å²) in [6.45, 7) is 4.36. The maximum atomic E-state index is 12.0. The van der Waals surface area contributed by atoms with Crippen molar-refractivity contribution < 1.29 is 9.53 Å². The van der Waals surface area contributed by atoms with Crippen LogP contribution < -0.4 is 5.32 Å². The Morgan fingerprint density at radius 1 is 1.14 bits per heavy atom. The highest BCUT2D eigenvalue weighted by Gasteiger charge is 2.28. The number of nitrogens with one attached hydrogen (secondary N) is 1. The molecular weight excluding hydrogens is 354 g/mol. The summed E-state index contributed by atoms with van der Waals surface area (Å²) < 4.78 is 6.98. The number of anilines is 2. The average Bonchev–Trinajstić information content (AvgIpc) is 2.87. The van der Waals surface area contributed by atoms with E-state index in [1.807, 2.05) is 6.92 Å². The second-order valence-electron chi connectivity index (χ2n) is 7.85. The van der Waals surface area contributed by atoms with E-state index in [0.29, 0.717) is 17.3 Å². The number of aromatic nitrogens is 3. The van der Waals surface area contributed by atoms with E-state index in [-0.39, 0.29) is 5.97 Å². The first-order chi connectivity index (χ1) is 13.7. The van der Waals surface area contributed by atoms with Crippen molar-refractivity contribution in [3.63, 3.8) is 0 Å². The van der Waals surface area contributed by atoms with Crippen molar-refractivity contribution >= 4 is 17.3 Å². The van der Waals surface area contributed by atoms with E-state index in [2.05, 4.69) is 26.1 Å². The number of methoxy groups -OCH3 is 1. The highest BCUT2D eigenvalue weighted by atomic mass is 16.5. The molecule has 0 unspecified atom stereocenters.